The molecule has 2 atom stereocenters. The molecule has 4 aliphatic rings. The molecular weight excluding hydrogens is 621 g/mol. The first-order valence-electron chi connectivity index (χ1n) is 17.9. The van der Waals surface area contributed by atoms with Crippen LogP contribution in [0.15, 0.2) is 54.9 Å². The third kappa shape index (κ3) is 7.41. The zero-order chi connectivity index (χ0) is 33.2. The first-order chi connectivity index (χ1) is 23.3. The topological polar surface area (TPSA) is 112 Å². The molecule has 48 heavy (non-hydrogen) atoms. The van der Waals surface area contributed by atoms with E-state index >= 15 is 0 Å². The molecule has 252 valence electrons. The van der Waals surface area contributed by atoms with Crippen LogP contribution >= 0.6 is 11.3 Å². The van der Waals surface area contributed by atoms with Gasteiger partial charge in [0.15, 0.2) is 5.82 Å². The minimum Gasteiger partial charge on any atom is -0.481 e. The summed E-state index contributed by atoms with van der Waals surface area (Å²) >= 11 is 1.49. The average molecular weight is 667 g/mol. The maximum absolute atomic E-state index is 13.5. The van der Waals surface area contributed by atoms with E-state index in [2.05, 4.69) is 18.3 Å². The monoisotopic (exact) mass is 666 g/mol. The van der Waals surface area contributed by atoms with Crippen molar-refractivity contribution >= 4 is 34.7 Å². The van der Waals surface area contributed by atoms with E-state index in [0.717, 1.165) is 60.1 Å². The van der Waals surface area contributed by atoms with Gasteiger partial charge in [-0.25, -0.2) is 9.97 Å². The molecule has 8 nitrogen and oxygen atoms in total. The van der Waals surface area contributed by atoms with Crippen molar-refractivity contribution in [2.45, 2.75) is 89.5 Å². The van der Waals surface area contributed by atoms with E-state index in [4.69, 9.17) is 9.97 Å². The molecule has 9 heteroatoms. The van der Waals surface area contributed by atoms with Crippen LogP contribution in [0.25, 0.3) is 17.0 Å². The summed E-state index contributed by atoms with van der Waals surface area (Å²) in [6.07, 6.45) is 19.4. The summed E-state index contributed by atoms with van der Waals surface area (Å²) in [6.45, 7) is 2.66. The smallest absolute Gasteiger partial charge is 0.310 e. The van der Waals surface area contributed by atoms with E-state index in [1.807, 2.05) is 48.8 Å². The Balaban J connectivity index is 0.980. The maximum atomic E-state index is 13.5. The Labute approximate surface area is 287 Å². The first kappa shape index (κ1) is 32.7. The SMILES string of the molecule is CCC1CCC(C2CC=C(c3cnc(-c4ccc(C[C@H](NC(=O)c5ccc(C6CC6)s5)C(=O)N5CC(C(=O)O)C5)cc4)nc3)CC2)CC1. The lowest BCUT2D eigenvalue weighted by molar-refractivity contribution is -0.153. The van der Waals surface area contributed by atoms with Gasteiger partial charge >= 0.3 is 5.97 Å². The molecule has 0 radical (unpaired) electrons. The van der Waals surface area contributed by atoms with Crippen LogP contribution in [-0.4, -0.2) is 56.9 Å². The number of nitrogens with zero attached hydrogens (tertiary/aromatic N) is 3. The highest BCUT2D eigenvalue weighted by atomic mass is 32.1. The predicted octanol–water partition coefficient (Wildman–Crippen LogP) is 7.37. The summed E-state index contributed by atoms with van der Waals surface area (Å²) < 4.78 is 0. The van der Waals surface area contributed by atoms with Gasteiger partial charge in [-0.05, 0) is 91.9 Å². The fourth-order valence-electron chi connectivity index (χ4n) is 7.81. The standard InChI is InChI=1S/C39H46N4O4S/c1-2-24-3-7-26(8-4-24)27-11-13-28(14-12-27)31-20-40-36(41-21-31)30-9-5-25(6-10-30)19-33(38(45)43-22-32(23-43)39(46)47)42-37(44)35-18-17-34(48-35)29-15-16-29/h5-6,9-10,13,17-18,20-21,24,26-27,29,32-33H,2-4,7-8,11-12,14-16,19,22-23H2,1H3,(H,42,44)(H,46,47)/t24?,26?,27?,33-/m0/s1. The summed E-state index contributed by atoms with van der Waals surface area (Å²) in [5.41, 5.74) is 4.23. The second-order valence-electron chi connectivity index (χ2n) is 14.4. The van der Waals surface area contributed by atoms with Crippen LogP contribution in [0.4, 0.5) is 0 Å². The van der Waals surface area contributed by atoms with E-state index in [1.54, 1.807) is 0 Å². The number of carboxylic acids is 1. The lowest BCUT2D eigenvalue weighted by atomic mass is 9.71. The minimum atomic E-state index is -0.902. The molecule has 3 heterocycles. The largest absolute Gasteiger partial charge is 0.481 e. The summed E-state index contributed by atoms with van der Waals surface area (Å²) in [5, 5.41) is 12.3. The van der Waals surface area contributed by atoms with Gasteiger partial charge in [-0.2, -0.15) is 0 Å². The van der Waals surface area contributed by atoms with E-state index in [-0.39, 0.29) is 24.9 Å². The molecule has 3 aliphatic carbocycles. The number of hydrogen-bond acceptors (Lipinski definition) is 6. The molecule has 1 unspecified atom stereocenters. The number of carboxylic acid groups (broad SMARTS) is 1. The lowest BCUT2D eigenvalue weighted by Gasteiger charge is -2.38. The quantitative estimate of drug-likeness (QED) is 0.221. The Bertz CT molecular complexity index is 1650. The molecule has 3 aromatic rings. The van der Waals surface area contributed by atoms with Crippen molar-refractivity contribution in [1.29, 1.82) is 0 Å². The van der Waals surface area contributed by atoms with Gasteiger partial charge in [0.2, 0.25) is 5.91 Å². The highest BCUT2D eigenvalue weighted by Crippen LogP contribution is 2.43. The molecule has 1 aromatic carbocycles. The molecule has 2 amide bonds. The minimum absolute atomic E-state index is 0.162. The van der Waals surface area contributed by atoms with Crippen molar-refractivity contribution in [2.75, 3.05) is 13.1 Å². The van der Waals surface area contributed by atoms with E-state index < -0.39 is 17.9 Å². The number of allylic oxidation sites excluding steroid dienone is 2. The molecule has 2 aromatic heterocycles. The van der Waals surface area contributed by atoms with Gasteiger partial charge in [0.1, 0.15) is 6.04 Å². The van der Waals surface area contributed by atoms with Crippen molar-refractivity contribution in [1.82, 2.24) is 20.2 Å². The highest BCUT2D eigenvalue weighted by Gasteiger charge is 2.39. The third-order valence-corrected chi connectivity index (χ3v) is 12.5. The molecule has 0 bridgehead atoms. The predicted molar refractivity (Wildman–Crippen MR) is 187 cm³/mol. The van der Waals surface area contributed by atoms with Crippen molar-refractivity contribution in [3.63, 3.8) is 0 Å². The molecule has 3 fully saturated rings. The van der Waals surface area contributed by atoms with Crippen molar-refractivity contribution in [3.8, 4) is 11.4 Å². The molecule has 1 saturated heterocycles. The van der Waals surface area contributed by atoms with Gasteiger partial charge < -0.3 is 15.3 Å². The second kappa shape index (κ2) is 14.3. The van der Waals surface area contributed by atoms with Gasteiger partial charge in [0.05, 0.1) is 10.8 Å². The molecule has 2 saturated carbocycles. The average Bonchev–Trinajstić information content (AvgIpc) is 3.83. The maximum Gasteiger partial charge on any atom is 0.310 e. The fraction of sp³-hybridized carbons (Fsp3) is 0.513. The van der Waals surface area contributed by atoms with Crippen LogP contribution < -0.4 is 5.32 Å². The van der Waals surface area contributed by atoms with Crippen molar-refractivity contribution in [3.05, 3.63) is 75.7 Å². The van der Waals surface area contributed by atoms with Crippen LogP contribution in [0.1, 0.15) is 103 Å². The second-order valence-corrected chi connectivity index (χ2v) is 15.5. The Morgan fingerprint density at radius 2 is 1.65 bits per heavy atom. The summed E-state index contributed by atoms with van der Waals surface area (Å²) in [7, 11) is 0. The zero-order valence-corrected chi connectivity index (χ0v) is 28.6. The normalized spacial score (nSPS) is 23.6. The Kier molecular flexibility index (Phi) is 9.76. The van der Waals surface area contributed by atoms with Crippen LogP contribution in [0.5, 0.6) is 0 Å². The van der Waals surface area contributed by atoms with Crippen LogP contribution in [0, 0.1) is 23.7 Å². The number of amides is 2. The number of rotatable bonds is 11. The zero-order valence-electron chi connectivity index (χ0n) is 27.8. The van der Waals surface area contributed by atoms with Crippen molar-refractivity contribution < 1.29 is 19.5 Å². The lowest BCUT2D eigenvalue weighted by Crippen LogP contribution is -2.59. The van der Waals surface area contributed by atoms with Crippen LogP contribution in [0.3, 0.4) is 0 Å². The van der Waals surface area contributed by atoms with Gasteiger partial charge in [0, 0.05) is 47.9 Å². The summed E-state index contributed by atoms with van der Waals surface area (Å²) in [4.78, 5) is 50.8. The Morgan fingerprint density at radius 3 is 2.27 bits per heavy atom. The van der Waals surface area contributed by atoms with Gasteiger partial charge in [-0.3, -0.25) is 14.4 Å². The highest BCUT2D eigenvalue weighted by molar-refractivity contribution is 7.14. The number of benzene rings is 1. The number of likely N-dealkylation sites (tertiary alicyclic amines) is 1. The number of aliphatic carboxylic acids is 1. The van der Waals surface area contributed by atoms with Gasteiger partial charge in [0.25, 0.3) is 5.91 Å². The summed E-state index contributed by atoms with van der Waals surface area (Å²) in [6, 6.07) is 10.9. The third-order valence-electron chi connectivity index (χ3n) is 11.2. The van der Waals surface area contributed by atoms with Crippen LogP contribution in [0.2, 0.25) is 0 Å². The number of thiophene rings is 1. The molecule has 1 aliphatic heterocycles. The number of hydrogen-bond donors (Lipinski definition) is 2. The Morgan fingerprint density at radius 1 is 0.917 bits per heavy atom. The number of aromatic nitrogens is 2. The van der Waals surface area contributed by atoms with Gasteiger partial charge in [-0.15, -0.1) is 11.3 Å². The number of carbonyl (C=O) groups is 3. The van der Waals surface area contributed by atoms with E-state index in [1.165, 1.54) is 65.2 Å². The van der Waals surface area contributed by atoms with E-state index in [0.29, 0.717) is 23.0 Å². The number of carbonyl (C=O) groups excluding carboxylic acids is 2. The van der Waals surface area contributed by atoms with Crippen LogP contribution in [-0.2, 0) is 16.0 Å². The Hall–Kier alpha value is -3.85. The van der Waals surface area contributed by atoms with E-state index in [9.17, 15) is 19.5 Å². The fourth-order valence-corrected chi connectivity index (χ4v) is 8.89. The summed E-state index contributed by atoms with van der Waals surface area (Å²) in [5.74, 6) is 1.87. The van der Waals surface area contributed by atoms with Gasteiger partial charge in [-0.1, -0.05) is 56.5 Å². The van der Waals surface area contributed by atoms with Crippen molar-refractivity contribution in [2.24, 2.45) is 23.7 Å². The molecule has 7 rings (SSSR count). The molecule has 2 N–H and O–H groups in total. The molecule has 0 spiro atoms. The first-order valence-corrected chi connectivity index (χ1v) is 18.7. The number of nitrogens with one attached hydrogen (secondary N) is 1. The molecular formula is C39H46N4O4S.